The van der Waals surface area contributed by atoms with Gasteiger partial charge in [0, 0.05) is 17.6 Å². The lowest BCUT2D eigenvalue weighted by molar-refractivity contribution is -0.146. The van der Waals surface area contributed by atoms with E-state index in [2.05, 4.69) is 25.7 Å². The number of carbonyl (C=O) groups is 1. The smallest absolute Gasteiger partial charge is 0.414 e. The summed E-state index contributed by atoms with van der Waals surface area (Å²) in [5.41, 5.74) is 0.175. The molecule has 2 bridgehead atoms. The largest absolute Gasteiger partial charge is 0.473 e. The second-order valence-electron chi connectivity index (χ2n) is 5.83. The van der Waals surface area contributed by atoms with Gasteiger partial charge in [-0.1, -0.05) is 0 Å². The Kier molecular flexibility index (Phi) is 4.73. The molecule has 0 aliphatic carbocycles. The Morgan fingerprint density at radius 2 is 1.94 bits per heavy atom. The van der Waals surface area contributed by atoms with Gasteiger partial charge in [0.2, 0.25) is 0 Å². The van der Waals surface area contributed by atoms with Crippen LogP contribution in [0.25, 0.3) is 0 Å². The fourth-order valence-electron chi connectivity index (χ4n) is 3.44. The first-order valence-corrected chi connectivity index (χ1v) is 6.24. The summed E-state index contributed by atoms with van der Waals surface area (Å²) in [6.07, 6.45) is 3.39. The summed E-state index contributed by atoms with van der Waals surface area (Å²) in [5.74, 6) is 0.101. The zero-order chi connectivity index (χ0) is 13.9. The minimum atomic E-state index is -0.0172. The van der Waals surface area contributed by atoms with Crippen LogP contribution in [0.2, 0.25) is 0 Å². The van der Waals surface area contributed by atoms with Crippen molar-refractivity contribution < 1.29 is 19.4 Å². The molecule has 5 heteroatoms. The van der Waals surface area contributed by atoms with E-state index in [-0.39, 0.29) is 17.4 Å². The Bertz CT molecular complexity index is 311. The van der Waals surface area contributed by atoms with Crippen LogP contribution in [0, 0.1) is 5.92 Å². The quantitative estimate of drug-likeness (QED) is 0.719. The van der Waals surface area contributed by atoms with E-state index >= 15 is 0 Å². The van der Waals surface area contributed by atoms with Crippen molar-refractivity contribution in [3.63, 3.8) is 0 Å². The number of ether oxygens (including phenoxy) is 1. The van der Waals surface area contributed by atoms with Crippen LogP contribution in [0.3, 0.4) is 0 Å². The van der Waals surface area contributed by atoms with Crippen LogP contribution in [0.1, 0.15) is 40.0 Å². The number of aliphatic hydroxyl groups excluding tert-OH is 1. The number of fused-ring (bicyclic) bond motifs is 2. The Morgan fingerprint density at radius 1 is 1.39 bits per heavy atom. The van der Waals surface area contributed by atoms with Gasteiger partial charge in [-0.25, -0.2) is 4.79 Å². The van der Waals surface area contributed by atoms with Crippen molar-refractivity contribution in [1.82, 2.24) is 4.90 Å². The molecule has 3 atom stereocenters. The number of nitrogens with zero attached hydrogens (tertiary/aromatic N) is 1. The number of hydrogen-bond acceptors (Lipinski definition) is 4. The number of methoxy groups -OCH3 is 1. The Morgan fingerprint density at radius 3 is 2.33 bits per heavy atom. The lowest BCUT2D eigenvalue weighted by Crippen LogP contribution is -2.46. The molecule has 0 saturated carbocycles. The van der Waals surface area contributed by atoms with E-state index in [4.69, 9.17) is 14.6 Å². The number of hydrogen-bond donors (Lipinski definition) is 1. The molecule has 0 aromatic rings. The lowest BCUT2D eigenvalue weighted by atomic mass is 9.89. The third-order valence-electron chi connectivity index (χ3n) is 3.82. The SMILES string of the molecule is COC(=O)C1CC2CCC1N2C(C)(C)C.O=[C]O. The summed E-state index contributed by atoms with van der Waals surface area (Å²) in [5, 5.41) is 6.76. The van der Waals surface area contributed by atoms with E-state index in [1.807, 2.05) is 0 Å². The van der Waals surface area contributed by atoms with Crippen LogP contribution in [-0.2, 0) is 14.3 Å². The zero-order valence-corrected chi connectivity index (χ0v) is 11.5. The average molecular weight is 256 g/mol. The van der Waals surface area contributed by atoms with Gasteiger partial charge in [0.1, 0.15) is 0 Å². The second kappa shape index (κ2) is 5.69. The topological polar surface area (TPSA) is 66.8 Å². The van der Waals surface area contributed by atoms with Gasteiger partial charge in [-0.15, -0.1) is 0 Å². The van der Waals surface area contributed by atoms with Gasteiger partial charge in [0.15, 0.2) is 0 Å². The van der Waals surface area contributed by atoms with Crippen molar-refractivity contribution in [1.29, 1.82) is 0 Å². The fourth-order valence-corrected chi connectivity index (χ4v) is 3.44. The van der Waals surface area contributed by atoms with Crippen molar-refractivity contribution in [2.45, 2.75) is 57.7 Å². The molecule has 2 fully saturated rings. The first-order valence-electron chi connectivity index (χ1n) is 6.24. The second-order valence-corrected chi connectivity index (χ2v) is 5.83. The lowest BCUT2D eigenvalue weighted by Gasteiger charge is -2.36. The van der Waals surface area contributed by atoms with Crippen LogP contribution >= 0.6 is 0 Å². The van der Waals surface area contributed by atoms with Crippen LogP contribution < -0.4 is 0 Å². The molecule has 0 spiro atoms. The predicted octanol–water partition coefficient (Wildman–Crippen LogP) is 1.42. The molecule has 1 radical (unpaired) electrons. The molecule has 3 unspecified atom stereocenters. The maximum absolute atomic E-state index is 11.6. The minimum absolute atomic E-state index is 0.0172. The molecule has 0 aromatic carbocycles. The normalized spacial score (nSPS) is 30.6. The van der Waals surface area contributed by atoms with E-state index in [0.717, 1.165) is 12.8 Å². The van der Waals surface area contributed by atoms with E-state index in [1.165, 1.54) is 13.5 Å². The molecular weight excluding hydrogens is 234 g/mol. The summed E-state index contributed by atoms with van der Waals surface area (Å²) < 4.78 is 4.88. The van der Waals surface area contributed by atoms with Crippen molar-refractivity contribution in [2.24, 2.45) is 5.92 Å². The predicted molar refractivity (Wildman–Crippen MR) is 66.8 cm³/mol. The molecule has 5 nitrogen and oxygen atoms in total. The fraction of sp³-hybridized carbons (Fsp3) is 0.846. The van der Waals surface area contributed by atoms with E-state index < -0.39 is 0 Å². The first kappa shape index (κ1) is 15.0. The van der Waals surface area contributed by atoms with Gasteiger partial charge in [0.05, 0.1) is 13.0 Å². The van der Waals surface area contributed by atoms with E-state index in [0.29, 0.717) is 18.6 Å². The van der Waals surface area contributed by atoms with Gasteiger partial charge in [-0.05, 0) is 40.0 Å². The maximum Gasteiger partial charge on any atom is 0.414 e. The van der Waals surface area contributed by atoms with Crippen LogP contribution in [-0.4, -0.2) is 47.2 Å². The third-order valence-corrected chi connectivity index (χ3v) is 3.82. The van der Waals surface area contributed by atoms with Crippen LogP contribution in [0.5, 0.6) is 0 Å². The van der Waals surface area contributed by atoms with Crippen molar-refractivity contribution in [3.05, 3.63) is 0 Å². The molecule has 2 rings (SSSR count). The Labute approximate surface area is 108 Å². The van der Waals surface area contributed by atoms with Gasteiger partial charge < -0.3 is 9.84 Å². The zero-order valence-electron chi connectivity index (χ0n) is 11.5. The highest BCUT2D eigenvalue weighted by atomic mass is 16.5. The summed E-state index contributed by atoms with van der Waals surface area (Å²) in [4.78, 5) is 22.4. The summed E-state index contributed by atoms with van der Waals surface area (Å²) in [6.45, 7) is 7.20. The Balaban J connectivity index is 0.000000492. The van der Waals surface area contributed by atoms with Gasteiger partial charge >= 0.3 is 12.4 Å². The van der Waals surface area contributed by atoms with Crippen LogP contribution in [0.15, 0.2) is 0 Å². The highest BCUT2D eigenvalue weighted by molar-refractivity contribution is 5.74. The minimum Gasteiger partial charge on any atom is -0.473 e. The van der Waals surface area contributed by atoms with Crippen molar-refractivity contribution >= 4 is 12.4 Å². The summed E-state index contributed by atoms with van der Waals surface area (Å²) in [7, 11) is 1.50. The molecule has 2 aliphatic rings. The van der Waals surface area contributed by atoms with Gasteiger partial charge in [-0.2, -0.15) is 0 Å². The monoisotopic (exact) mass is 256 g/mol. The molecule has 18 heavy (non-hydrogen) atoms. The molecule has 2 aliphatic heterocycles. The molecule has 103 valence electrons. The Hall–Kier alpha value is -1.10. The van der Waals surface area contributed by atoms with E-state index in [9.17, 15) is 4.79 Å². The van der Waals surface area contributed by atoms with Gasteiger partial charge in [0.25, 0.3) is 0 Å². The van der Waals surface area contributed by atoms with Crippen LogP contribution in [0.4, 0.5) is 0 Å². The third kappa shape index (κ3) is 2.83. The van der Waals surface area contributed by atoms with E-state index in [1.54, 1.807) is 0 Å². The first-order chi connectivity index (χ1) is 8.36. The molecule has 1 N–H and O–H groups in total. The summed E-state index contributed by atoms with van der Waals surface area (Å²) in [6, 6.07) is 1.02. The van der Waals surface area contributed by atoms with Crippen molar-refractivity contribution in [2.75, 3.05) is 7.11 Å². The standard InChI is InChI=1S/C12H21NO2.CHO2/c1-12(2,3)13-8-5-6-10(13)9(7-8)11(14)15-4;2-1-3/h8-10H,5-7H2,1-4H3;(H,2,3). The molecule has 0 aromatic heterocycles. The number of esters is 1. The van der Waals surface area contributed by atoms with Gasteiger partial charge in [-0.3, -0.25) is 9.69 Å². The molecular formula is C13H22NO4. The van der Waals surface area contributed by atoms with Crippen molar-refractivity contribution in [3.8, 4) is 0 Å². The molecule has 2 saturated heterocycles. The highest BCUT2D eigenvalue weighted by Crippen LogP contribution is 2.45. The molecule has 2 heterocycles. The molecule has 0 amide bonds. The number of rotatable bonds is 1. The average Bonchev–Trinajstić information content (AvgIpc) is 2.85. The number of carbonyl (C=O) groups excluding carboxylic acids is 1. The highest BCUT2D eigenvalue weighted by Gasteiger charge is 2.52. The maximum atomic E-state index is 11.6. The summed E-state index contributed by atoms with van der Waals surface area (Å²) >= 11 is 0.